The number of rotatable bonds is 12. The van der Waals surface area contributed by atoms with Crippen LogP contribution in [0.3, 0.4) is 0 Å². The van der Waals surface area contributed by atoms with E-state index in [1.807, 2.05) is 19.1 Å². The second kappa shape index (κ2) is 13.2. The largest absolute Gasteiger partial charge is 0.466 e. The van der Waals surface area contributed by atoms with E-state index >= 15 is 0 Å². The zero-order chi connectivity index (χ0) is 26.1. The van der Waals surface area contributed by atoms with Crippen molar-refractivity contribution in [1.82, 2.24) is 14.5 Å². The van der Waals surface area contributed by atoms with Crippen molar-refractivity contribution in [3.05, 3.63) is 69.7 Å². The molecule has 0 fully saturated rings. The topological polar surface area (TPSA) is 81.5 Å². The van der Waals surface area contributed by atoms with Crippen LogP contribution in [0.2, 0.25) is 5.02 Å². The van der Waals surface area contributed by atoms with Gasteiger partial charge in [-0.2, -0.15) is 0 Å². The summed E-state index contributed by atoms with van der Waals surface area (Å²) < 4.78 is 6.58. The van der Waals surface area contributed by atoms with Gasteiger partial charge in [0.25, 0.3) is 5.56 Å². The van der Waals surface area contributed by atoms with Gasteiger partial charge in [-0.25, -0.2) is 4.98 Å². The standard InChI is InChI=1S/C28H34ClN3O4/c1-4-7-10-18-31(25(33)16-17-26(34)36-6-3)24(5-2)27-30-23-15-9-8-14-22(23)28(35)32(27)21-13-11-12-20(29)19-21/h8-9,11-15,19,24H,4-7,10,16-18H2,1-3H3. The second-order valence-electron chi connectivity index (χ2n) is 8.63. The lowest BCUT2D eigenvalue weighted by atomic mass is 10.1. The van der Waals surface area contributed by atoms with E-state index in [2.05, 4.69) is 6.92 Å². The molecule has 0 saturated heterocycles. The van der Waals surface area contributed by atoms with Crippen molar-refractivity contribution in [3.8, 4) is 5.69 Å². The van der Waals surface area contributed by atoms with Crippen LogP contribution < -0.4 is 5.56 Å². The van der Waals surface area contributed by atoms with Gasteiger partial charge < -0.3 is 9.64 Å². The Bertz CT molecular complexity index is 1260. The third-order valence-electron chi connectivity index (χ3n) is 6.10. The minimum atomic E-state index is -0.465. The van der Waals surface area contributed by atoms with Crippen LogP contribution in [-0.2, 0) is 14.3 Å². The minimum Gasteiger partial charge on any atom is -0.466 e. The Morgan fingerprint density at radius 3 is 2.53 bits per heavy atom. The summed E-state index contributed by atoms with van der Waals surface area (Å²) in [5, 5.41) is 0.985. The van der Waals surface area contributed by atoms with Crippen LogP contribution in [0.1, 0.15) is 71.2 Å². The molecular formula is C28H34ClN3O4. The van der Waals surface area contributed by atoms with Gasteiger partial charge in [-0.05, 0) is 50.1 Å². The highest BCUT2D eigenvalue weighted by atomic mass is 35.5. The van der Waals surface area contributed by atoms with Crippen LogP contribution in [0.25, 0.3) is 16.6 Å². The first-order valence-corrected chi connectivity index (χ1v) is 13.0. The monoisotopic (exact) mass is 511 g/mol. The maximum atomic E-state index is 13.7. The summed E-state index contributed by atoms with van der Waals surface area (Å²) >= 11 is 6.28. The summed E-state index contributed by atoms with van der Waals surface area (Å²) in [7, 11) is 0. The average molecular weight is 512 g/mol. The summed E-state index contributed by atoms with van der Waals surface area (Å²) in [6.07, 6.45) is 3.37. The van der Waals surface area contributed by atoms with Gasteiger partial charge in [-0.3, -0.25) is 19.0 Å². The lowest BCUT2D eigenvalue weighted by molar-refractivity contribution is -0.146. The molecule has 0 aliphatic rings. The Morgan fingerprint density at radius 2 is 1.83 bits per heavy atom. The van der Waals surface area contributed by atoms with Crippen molar-refractivity contribution in [2.75, 3.05) is 13.2 Å². The van der Waals surface area contributed by atoms with E-state index in [-0.39, 0.29) is 30.9 Å². The highest BCUT2D eigenvalue weighted by Gasteiger charge is 2.29. The number of esters is 1. The lowest BCUT2D eigenvalue weighted by Crippen LogP contribution is -2.39. The van der Waals surface area contributed by atoms with E-state index in [0.717, 1.165) is 19.3 Å². The molecule has 1 heterocycles. The zero-order valence-corrected chi connectivity index (χ0v) is 22.0. The van der Waals surface area contributed by atoms with Crippen molar-refractivity contribution in [3.63, 3.8) is 0 Å². The third-order valence-corrected chi connectivity index (χ3v) is 6.34. The molecule has 0 radical (unpaired) electrons. The van der Waals surface area contributed by atoms with Crippen LogP contribution in [0.5, 0.6) is 0 Å². The van der Waals surface area contributed by atoms with Gasteiger partial charge in [-0.15, -0.1) is 0 Å². The molecule has 3 aromatic rings. The normalized spacial score (nSPS) is 11.9. The predicted octanol–water partition coefficient (Wildman–Crippen LogP) is 5.85. The van der Waals surface area contributed by atoms with Crippen LogP contribution in [0.4, 0.5) is 0 Å². The molecular weight excluding hydrogens is 478 g/mol. The lowest BCUT2D eigenvalue weighted by Gasteiger charge is -2.32. The molecule has 8 heteroatoms. The van der Waals surface area contributed by atoms with E-state index < -0.39 is 12.0 Å². The molecule has 192 valence electrons. The number of para-hydroxylation sites is 1. The van der Waals surface area contributed by atoms with Crippen LogP contribution >= 0.6 is 11.6 Å². The molecule has 7 nitrogen and oxygen atoms in total. The van der Waals surface area contributed by atoms with Gasteiger partial charge >= 0.3 is 5.97 Å². The fourth-order valence-electron chi connectivity index (χ4n) is 4.35. The zero-order valence-electron chi connectivity index (χ0n) is 21.2. The molecule has 0 aliphatic carbocycles. The van der Waals surface area contributed by atoms with Crippen molar-refractivity contribution >= 4 is 34.4 Å². The van der Waals surface area contributed by atoms with Gasteiger partial charge in [0.05, 0.1) is 35.7 Å². The van der Waals surface area contributed by atoms with Crippen LogP contribution in [0.15, 0.2) is 53.3 Å². The van der Waals surface area contributed by atoms with Crippen LogP contribution in [-0.4, -0.2) is 39.5 Å². The molecule has 1 atom stereocenters. The Kier molecular flexibility index (Phi) is 10.1. The Hall–Kier alpha value is -3.19. The first kappa shape index (κ1) is 27.4. The van der Waals surface area contributed by atoms with Gasteiger partial charge in [0.15, 0.2) is 0 Å². The van der Waals surface area contributed by atoms with E-state index in [9.17, 15) is 14.4 Å². The molecule has 36 heavy (non-hydrogen) atoms. The van der Waals surface area contributed by atoms with Crippen molar-refractivity contribution in [2.24, 2.45) is 0 Å². The number of carbonyl (C=O) groups is 2. The minimum absolute atomic E-state index is 0.0135. The predicted molar refractivity (Wildman–Crippen MR) is 142 cm³/mol. The number of fused-ring (bicyclic) bond motifs is 1. The molecule has 1 aromatic heterocycles. The highest BCUT2D eigenvalue weighted by Crippen LogP contribution is 2.28. The molecule has 0 bridgehead atoms. The van der Waals surface area contributed by atoms with Gasteiger partial charge in [0.2, 0.25) is 5.91 Å². The Labute approximate surface area is 217 Å². The van der Waals surface area contributed by atoms with E-state index in [1.54, 1.807) is 52.8 Å². The van der Waals surface area contributed by atoms with Crippen molar-refractivity contribution in [2.45, 2.75) is 65.3 Å². The molecule has 2 aromatic carbocycles. The molecule has 0 spiro atoms. The van der Waals surface area contributed by atoms with E-state index in [0.29, 0.717) is 40.4 Å². The number of carbonyl (C=O) groups excluding carboxylic acids is 2. The molecule has 0 N–H and O–H groups in total. The summed E-state index contributed by atoms with van der Waals surface area (Å²) in [5.41, 5.74) is 0.942. The molecule has 3 rings (SSSR count). The number of amides is 1. The highest BCUT2D eigenvalue weighted by molar-refractivity contribution is 6.30. The van der Waals surface area contributed by atoms with Crippen LogP contribution in [0, 0.1) is 0 Å². The SMILES string of the molecule is CCCCCN(C(=O)CCC(=O)OCC)C(CC)c1nc2ccccc2c(=O)n1-c1cccc(Cl)c1. The summed E-state index contributed by atoms with van der Waals surface area (Å²) in [4.78, 5) is 45.8. The maximum Gasteiger partial charge on any atom is 0.306 e. The Balaban J connectivity index is 2.13. The molecule has 1 amide bonds. The van der Waals surface area contributed by atoms with E-state index in [4.69, 9.17) is 21.3 Å². The maximum absolute atomic E-state index is 13.7. The van der Waals surface area contributed by atoms with Crippen molar-refractivity contribution < 1.29 is 14.3 Å². The van der Waals surface area contributed by atoms with E-state index in [1.165, 1.54) is 0 Å². The number of hydrogen-bond acceptors (Lipinski definition) is 5. The molecule has 0 saturated carbocycles. The number of ether oxygens (including phenoxy) is 1. The average Bonchev–Trinajstić information content (AvgIpc) is 2.87. The summed E-state index contributed by atoms with van der Waals surface area (Å²) in [6, 6.07) is 13.8. The Morgan fingerprint density at radius 1 is 1.06 bits per heavy atom. The number of nitrogens with zero attached hydrogens (tertiary/aromatic N) is 3. The second-order valence-corrected chi connectivity index (χ2v) is 9.07. The summed E-state index contributed by atoms with van der Waals surface area (Å²) in [5.74, 6) is -0.0809. The molecule has 1 unspecified atom stereocenters. The molecule has 0 aliphatic heterocycles. The first-order chi connectivity index (χ1) is 17.4. The first-order valence-electron chi connectivity index (χ1n) is 12.6. The number of halogens is 1. The van der Waals surface area contributed by atoms with Gasteiger partial charge in [-0.1, -0.05) is 56.5 Å². The summed E-state index contributed by atoms with van der Waals surface area (Å²) in [6.45, 7) is 6.60. The fourth-order valence-corrected chi connectivity index (χ4v) is 4.54. The quantitative estimate of drug-likeness (QED) is 0.225. The van der Waals surface area contributed by atoms with Crippen molar-refractivity contribution in [1.29, 1.82) is 0 Å². The number of benzene rings is 2. The smallest absolute Gasteiger partial charge is 0.306 e. The van der Waals surface area contributed by atoms with Gasteiger partial charge in [0.1, 0.15) is 5.82 Å². The number of hydrogen-bond donors (Lipinski definition) is 0. The number of unbranched alkanes of at least 4 members (excludes halogenated alkanes) is 2. The number of aromatic nitrogens is 2. The van der Waals surface area contributed by atoms with Gasteiger partial charge in [0, 0.05) is 18.0 Å². The fraction of sp³-hybridized carbons (Fsp3) is 0.429. The third kappa shape index (κ3) is 6.52.